The molecule has 0 aromatic heterocycles. The Morgan fingerprint density at radius 1 is 0.963 bits per heavy atom. The van der Waals surface area contributed by atoms with Gasteiger partial charge in [-0.1, -0.05) is 46.3 Å². The zero-order valence-electron chi connectivity index (χ0n) is 15.8. The Balaban J connectivity index is 1.94. The number of carbonyl (C=O) groups is 1. The van der Waals surface area contributed by atoms with Crippen molar-refractivity contribution in [3.63, 3.8) is 0 Å². The molecule has 0 unspecified atom stereocenters. The quantitative estimate of drug-likeness (QED) is 0.547. The Kier molecular flexibility index (Phi) is 4.33. The Labute approximate surface area is 168 Å². The minimum absolute atomic E-state index is 0.135. The van der Waals surface area contributed by atoms with Crippen LogP contribution in [0.3, 0.4) is 0 Å². The average molecular weight is 426 g/mol. The van der Waals surface area contributed by atoms with Gasteiger partial charge >= 0.3 is 7.12 Å². The summed E-state index contributed by atoms with van der Waals surface area (Å²) in [5, 5.41) is 2.96. The van der Waals surface area contributed by atoms with Gasteiger partial charge in [-0.15, -0.1) is 0 Å². The van der Waals surface area contributed by atoms with Gasteiger partial charge in [-0.2, -0.15) is 0 Å². The van der Waals surface area contributed by atoms with E-state index in [0.717, 1.165) is 26.8 Å². The number of para-hydroxylation sites is 1. The van der Waals surface area contributed by atoms with Gasteiger partial charge in [-0.3, -0.25) is 4.79 Å². The third-order valence-corrected chi connectivity index (χ3v) is 6.11. The zero-order valence-corrected chi connectivity index (χ0v) is 17.4. The van der Waals surface area contributed by atoms with Crippen LogP contribution in [0.1, 0.15) is 38.8 Å². The maximum Gasteiger partial charge on any atom is 0.496 e. The summed E-state index contributed by atoms with van der Waals surface area (Å²) in [6.07, 6.45) is 0. The lowest BCUT2D eigenvalue weighted by atomic mass is 9.70. The average Bonchev–Trinajstić information content (AvgIpc) is 3.02. The summed E-state index contributed by atoms with van der Waals surface area (Å²) in [7, 11) is -0.636. The number of fused-ring (bicyclic) bond motifs is 1. The largest absolute Gasteiger partial charge is 0.496 e. The first-order chi connectivity index (χ1) is 12.7. The van der Waals surface area contributed by atoms with Crippen molar-refractivity contribution in [1.29, 1.82) is 0 Å². The van der Waals surface area contributed by atoms with Crippen LogP contribution in [0.4, 0.5) is 5.69 Å². The van der Waals surface area contributed by atoms with Crippen molar-refractivity contribution in [2.45, 2.75) is 38.9 Å². The van der Waals surface area contributed by atoms with Crippen LogP contribution in [0.2, 0.25) is 0 Å². The molecule has 0 aliphatic carbocycles. The number of hydrogen-bond donors (Lipinski definition) is 1. The van der Waals surface area contributed by atoms with Crippen molar-refractivity contribution in [2.24, 2.45) is 0 Å². The van der Waals surface area contributed by atoms with Crippen LogP contribution in [0.5, 0.6) is 0 Å². The van der Waals surface area contributed by atoms with E-state index in [0.29, 0.717) is 5.57 Å². The molecule has 2 aromatic rings. The molecule has 2 aliphatic rings. The summed E-state index contributed by atoms with van der Waals surface area (Å²) in [5.74, 6) is -0.135. The first-order valence-corrected chi connectivity index (χ1v) is 9.75. The van der Waals surface area contributed by atoms with E-state index in [4.69, 9.17) is 9.31 Å². The maximum atomic E-state index is 12.9. The molecule has 0 bridgehead atoms. The fourth-order valence-electron chi connectivity index (χ4n) is 3.37. The highest BCUT2D eigenvalue weighted by atomic mass is 79.9. The first kappa shape index (κ1) is 18.5. The fraction of sp³-hybridized carbons (Fsp3) is 0.286. The van der Waals surface area contributed by atoms with Gasteiger partial charge in [0.1, 0.15) is 0 Å². The van der Waals surface area contributed by atoms with E-state index in [1.54, 1.807) is 0 Å². The van der Waals surface area contributed by atoms with Crippen molar-refractivity contribution >= 4 is 45.7 Å². The summed E-state index contributed by atoms with van der Waals surface area (Å²) in [6.45, 7) is 8.05. The summed E-state index contributed by atoms with van der Waals surface area (Å²) in [6, 6.07) is 15.6. The Morgan fingerprint density at radius 2 is 1.56 bits per heavy atom. The molecule has 1 saturated heterocycles. The molecular formula is C21H21BBrNO3. The van der Waals surface area contributed by atoms with E-state index >= 15 is 0 Å². The number of hydrogen-bond acceptors (Lipinski definition) is 3. The highest BCUT2D eigenvalue weighted by Gasteiger charge is 2.53. The van der Waals surface area contributed by atoms with E-state index in [2.05, 4.69) is 21.2 Å². The minimum atomic E-state index is -0.636. The number of amides is 1. The van der Waals surface area contributed by atoms with Crippen LogP contribution in [-0.2, 0) is 14.1 Å². The van der Waals surface area contributed by atoms with E-state index in [9.17, 15) is 4.79 Å². The molecule has 138 valence electrons. The smallest absolute Gasteiger partial charge is 0.399 e. The lowest BCUT2D eigenvalue weighted by molar-refractivity contribution is -0.110. The molecule has 2 heterocycles. The molecule has 0 atom stereocenters. The van der Waals surface area contributed by atoms with Gasteiger partial charge in [-0.05, 0) is 51.5 Å². The van der Waals surface area contributed by atoms with E-state index in [-0.39, 0.29) is 5.91 Å². The van der Waals surface area contributed by atoms with Gasteiger partial charge in [0, 0.05) is 26.8 Å². The lowest BCUT2D eigenvalue weighted by Crippen LogP contribution is -2.41. The Hall–Kier alpha value is -1.89. The Bertz CT molecular complexity index is 934. The minimum Gasteiger partial charge on any atom is -0.399 e. The Morgan fingerprint density at radius 3 is 2.19 bits per heavy atom. The van der Waals surface area contributed by atoms with Gasteiger partial charge < -0.3 is 14.6 Å². The fourth-order valence-corrected chi connectivity index (χ4v) is 3.64. The van der Waals surface area contributed by atoms with Crippen molar-refractivity contribution in [2.75, 3.05) is 5.32 Å². The van der Waals surface area contributed by atoms with Crippen molar-refractivity contribution < 1.29 is 14.1 Å². The van der Waals surface area contributed by atoms with E-state index < -0.39 is 18.3 Å². The third-order valence-electron chi connectivity index (χ3n) is 5.59. The lowest BCUT2D eigenvalue weighted by Gasteiger charge is -2.32. The predicted molar refractivity (Wildman–Crippen MR) is 112 cm³/mol. The van der Waals surface area contributed by atoms with Crippen LogP contribution in [-0.4, -0.2) is 24.2 Å². The number of nitrogens with one attached hydrogen (secondary N) is 1. The standard InChI is InChI=1S/C21H21BBrNO3/c1-20(2)21(3,4)27-22(26-20)18(13-9-11-14(23)12-10-13)17-15-7-5-6-8-16(15)24-19(17)25/h5-12H,1-4H3,(H,24,25)/b18-17-. The van der Waals surface area contributed by atoms with E-state index in [1.165, 1.54) is 0 Å². The molecule has 4 rings (SSSR count). The second-order valence-corrected chi connectivity index (χ2v) is 8.80. The van der Waals surface area contributed by atoms with Crippen LogP contribution < -0.4 is 5.32 Å². The number of halogens is 1. The molecule has 2 aromatic carbocycles. The van der Waals surface area contributed by atoms with Crippen molar-refractivity contribution in [1.82, 2.24) is 0 Å². The molecule has 0 saturated carbocycles. The van der Waals surface area contributed by atoms with Crippen LogP contribution in [0, 0.1) is 0 Å². The SMILES string of the molecule is CC1(C)OB(/C(=C2\C(=O)Nc3ccccc32)c2ccc(Br)cc2)OC1(C)C. The second-order valence-electron chi connectivity index (χ2n) is 7.88. The van der Waals surface area contributed by atoms with Crippen LogP contribution in [0.25, 0.3) is 11.0 Å². The molecule has 27 heavy (non-hydrogen) atoms. The number of anilines is 1. The molecule has 4 nitrogen and oxygen atoms in total. The van der Waals surface area contributed by atoms with Gasteiger partial charge in [0.15, 0.2) is 0 Å². The molecular weight excluding hydrogens is 405 g/mol. The van der Waals surface area contributed by atoms with Crippen molar-refractivity contribution in [3.05, 3.63) is 64.1 Å². The molecule has 1 N–H and O–H groups in total. The highest BCUT2D eigenvalue weighted by Crippen LogP contribution is 2.45. The van der Waals surface area contributed by atoms with Gasteiger partial charge in [0.2, 0.25) is 0 Å². The summed E-state index contributed by atoms with van der Waals surface area (Å²) in [5.41, 5.74) is 2.95. The maximum absolute atomic E-state index is 12.9. The number of rotatable bonds is 2. The summed E-state index contributed by atoms with van der Waals surface area (Å²) < 4.78 is 13.6. The predicted octanol–water partition coefficient (Wildman–Crippen LogP) is 4.94. The molecule has 2 aliphatic heterocycles. The van der Waals surface area contributed by atoms with Gasteiger partial charge in [0.05, 0.1) is 11.2 Å². The molecule has 0 radical (unpaired) electrons. The highest BCUT2D eigenvalue weighted by molar-refractivity contribution is 9.10. The zero-order chi connectivity index (χ0) is 19.4. The second kappa shape index (κ2) is 6.33. The summed E-state index contributed by atoms with van der Waals surface area (Å²) in [4.78, 5) is 12.9. The van der Waals surface area contributed by atoms with E-state index in [1.807, 2.05) is 76.2 Å². The molecule has 6 heteroatoms. The first-order valence-electron chi connectivity index (χ1n) is 8.96. The molecule has 1 amide bonds. The van der Waals surface area contributed by atoms with Crippen molar-refractivity contribution in [3.8, 4) is 0 Å². The topological polar surface area (TPSA) is 47.6 Å². The number of benzene rings is 2. The third kappa shape index (κ3) is 3.06. The van der Waals surface area contributed by atoms with Crippen LogP contribution >= 0.6 is 15.9 Å². The molecule has 1 fully saturated rings. The van der Waals surface area contributed by atoms with Gasteiger partial charge in [-0.25, -0.2) is 0 Å². The normalized spacial score (nSPS) is 21.8. The summed E-state index contributed by atoms with van der Waals surface area (Å²) >= 11 is 3.48. The van der Waals surface area contributed by atoms with Crippen LogP contribution in [0.15, 0.2) is 53.0 Å². The van der Waals surface area contributed by atoms with Gasteiger partial charge in [0.25, 0.3) is 5.91 Å². The number of carbonyl (C=O) groups excluding carboxylic acids is 1. The molecule has 0 spiro atoms. The monoisotopic (exact) mass is 425 g/mol.